The number of nitrogens with zero attached hydrogens (tertiary/aromatic N) is 1. The van der Waals surface area contributed by atoms with Gasteiger partial charge in [0.2, 0.25) is 0 Å². The zero-order valence-corrected chi connectivity index (χ0v) is 10.7. The van der Waals surface area contributed by atoms with Gasteiger partial charge in [-0.1, -0.05) is 48.3 Å². The lowest BCUT2D eigenvalue weighted by Gasteiger charge is -2.10. The van der Waals surface area contributed by atoms with Crippen LogP contribution in [0.4, 0.5) is 0 Å². The van der Waals surface area contributed by atoms with Gasteiger partial charge in [-0.2, -0.15) is 0 Å². The van der Waals surface area contributed by atoms with Crippen LogP contribution in [0.15, 0.2) is 23.4 Å². The standard InChI is InChI=1S/C12H13Cl2NO/c1-7(2)12-6-11(15-16-12)8-3-4-9(13)10(14)5-8/h3-5,7,12H,6H2,1-2H3. The molecule has 86 valence electrons. The number of hydrogen-bond donors (Lipinski definition) is 0. The molecule has 1 aliphatic heterocycles. The van der Waals surface area contributed by atoms with Crippen LogP contribution >= 0.6 is 23.2 Å². The topological polar surface area (TPSA) is 21.6 Å². The van der Waals surface area contributed by atoms with Gasteiger partial charge < -0.3 is 4.84 Å². The summed E-state index contributed by atoms with van der Waals surface area (Å²) >= 11 is 11.8. The van der Waals surface area contributed by atoms with Crippen LogP contribution in [0.2, 0.25) is 10.0 Å². The van der Waals surface area contributed by atoms with E-state index in [-0.39, 0.29) is 6.10 Å². The van der Waals surface area contributed by atoms with Gasteiger partial charge in [-0.3, -0.25) is 0 Å². The lowest BCUT2D eigenvalue weighted by Crippen LogP contribution is -2.15. The molecular formula is C12H13Cl2NO. The van der Waals surface area contributed by atoms with Crippen LogP contribution in [0.3, 0.4) is 0 Å². The summed E-state index contributed by atoms with van der Waals surface area (Å²) in [5.41, 5.74) is 1.93. The SMILES string of the molecule is CC(C)C1CC(c2ccc(Cl)c(Cl)c2)=NO1. The van der Waals surface area contributed by atoms with E-state index in [1.165, 1.54) is 0 Å². The second kappa shape index (κ2) is 4.64. The molecule has 0 aliphatic carbocycles. The minimum absolute atomic E-state index is 0.171. The van der Waals surface area contributed by atoms with Crippen molar-refractivity contribution in [3.63, 3.8) is 0 Å². The highest BCUT2D eigenvalue weighted by atomic mass is 35.5. The van der Waals surface area contributed by atoms with E-state index < -0.39 is 0 Å². The third-order valence-corrected chi connectivity index (χ3v) is 3.43. The zero-order valence-electron chi connectivity index (χ0n) is 9.21. The van der Waals surface area contributed by atoms with E-state index in [4.69, 9.17) is 28.0 Å². The highest BCUT2D eigenvalue weighted by molar-refractivity contribution is 6.42. The fraction of sp³-hybridized carbons (Fsp3) is 0.417. The summed E-state index contributed by atoms with van der Waals surface area (Å²) in [6, 6.07) is 5.53. The van der Waals surface area contributed by atoms with Gasteiger partial charge in [0.15, 0.2) is 0 Å². The molecule has 0 aromatic heterocycles. The van der Waals surface area contributed by atoms with Crippen molar-refractivity contribution in [3.05, 3.63) is 33.8 Å². The Balaban J connectivity index is 2.18. The Kier molecular flexibility index (Phi) is 3.41. The lowest BCUT2D eigenvalue weighted by molar-refractivity contribution is 0.0521. The Morgan fingerprint density at radius 2 is 2.06 bits per heavy atom. The summed E-state index contributed by atoms with van der Waals surface area (Å²) in [6.07, 6.45) is 1.000. The third-order valence-electron chi connectivity index (χ3n) is 2.69. The van der Waals surface area contributed by atoms with Gasteiger partial charge in [-0.15, -0.1) is 0 Å². The maximum Gasteiger partial charge on any atom is 0.135 e. The monoisotopic (exact) mass is 257 g/mol. The van der Waals surface area contributed by atoms with Gasteiger partial charge in [0, 0.05) is 12.0 Å². The molecule has 1 unspecified atom stereocenters. The molecule has 1 atom stereocenters. The van der Waals surface area contributed by atoms with Crippen molar-refractivity contribution in [3.8, 4) is 0 Å². The van der Waals surface area contributed by atoms with Crippen molar-refractivity contribution in [2.75, 3.05) is 0 Å². The molecule has 1 heterocycles. The van der Waals surface area contributed by atoms with E-state index in [1.807, 2.05) is 12.1 Å². The average molecular weight is 258 g/mol. The molecule has 1 aromatic rings. The normalized spacial score (nSPS) is 19.8. The average Bonchev–Trinajstić information content (AvgIpc) is 2.71. The van der Waals surface area contributed by atoms with Crippen molar-refractivity contribution < 1.29 is 4.84 Å². The molecule has 2 nitrogen and oxygen atoms in total. The van der Waals surface area contributed by atoms with Crippen molar-refractivity contribution in [2.24, 2.45) is 11.1 Å². The first-order valence-electron chi connectivity index (χ1n) is 5.26. The van der Waals surface area contributed by atoms with Crippen molar-refractivity contribution in [2.45, 2.75) is 26.4 Å². The van der Waals surface area contributed by atoms with Crippen LogP contribution in [0.1, 0.15) is 25.8 Å². The molecule has 2 rings (SSSR count). The Bertz CT molecular complexity index is 429. The van der Waals surface area contributed by atoms with Gasteiger partial charge in [-0.05, 0) is 18.1 Å². The molecule has 4 heteroatoms. The summed E-state index contributed by atoms with van der Waals surface area (Å²) in [5.74, 6) is 0.462. The summed E-state index contributed by atoms with van der Waals surface area (Å²) in [4.78, 5) is 5.36. The van der Waals surface area contributed by atoms with E-state index in [9.17, 15) is 0 Å². The number of hydrogen-bond acceptors (Lipinski definition) is 2. The Morgan fingerprint density at radius 3 is 2.62 bits per heavy atom. The molecule has 0 spiro atoms. The second-order valence-electron chi connectivity index (χ2n) is 4.26. The van der Waals surface area contributed by atoms with Crippen LogP contribution in [-0.4, -0.2) is 11.8 Å². The van der Waals surface area contributed by atoms with E-state index >= 15 is 0 Å². The molecule has 0 amide bonds. The number of rotatable bonds is 2. The highest BCUT2D eigenvalue weighted by Crippen LogP contribution is 2.27. The predicted molar refractivity (Wildman–Crippen MR) is 67.3 cm³/mol. The van der Waals surface area contributed by atoms with Crippen LogP contribution < -0.4 is 0 Å². The van der Waals surface area contributed by atoms with E-state index in [1.54, 1.807) is 6.07 Å². The fourth-order valence-electron chi connectivity index (χ4n) is 1.60. The first-order chi connectivity index (χ1) is 7.58. The maximum absolute atomic E-state index is 5.96. The molecule has 0 bridgehead atoms. The minimum atomic E-state index is 0.171. The Labute approximate surface area is 105 Å². The minimum Gasteiger partial charge on any atom is -0.392 e. The molecule has 0 fully saturated rings. The van der Waals surface area contributed by atoms with Gasteiger partial charge in [0.1, 0.15) is 6.10 Å². The maximum atomic E-state index is 5.96. The van der Waals surface area contributed by atoms with Crippen LogP contribution in [0, 0.1) is 5.92 Å². The lowest BCUT2D eigenvalue weighted by atomic mass is 9.99. The largest absolute Gasteiger partial charge is 0.392 e. The molecule has 0 saturated heterocycles. The van der Waals surface area contributed by atoms with E-state index in [2.05, 4.69) is 19.0 Å². The third kappa shape index (κ3) is 2.33. The summed E-state index contributed by atoms with van der Waals surface area (Å²) in [6.45, 7) is 4.25. The summed E-state index contributed by atoms with van der Waals surface area (Å²) in [7, 11) is 0. The van der Waals surface area contributed by atoms with E-state index in [0.29, 0.717) is 16.0 Å². The molecule has 0 saturated carbocycles. The van der Waals surface area contributed by atoms with Gasteiger partial charge in [-0.25, -0.2) is 0 Å². The summed E-state index contributed by atoms with van der Waals surface area (Å²) in [5, 5.41) is 5.21. The molecule has 0 radical (unpaired) electrons. The summed E-state index contributed by atoms with van der Waals surface area (Å²) < 4.78 is 0. The molecular weight excluding hydrogens is 245 g/mol. The van der Waals surface area contributed by atoms with Crippen molar-refractivity contribution >= 4 is 28.9 Å². The van der Waals surface area contributed by atoms with E-state index in [0.717, 1.165) is 17.7 Å². The molecule has 0 N–H and O–H groups in total. The highest BCUT2D eigenvalue weighted by Gasteiger charge is 2.25. The van der Waals surface area contributed by atoms with Gasteiger partial charge in [0.25, 0.3) is 0 Å². The van der Waals surface area contributed by atoms with Gasteiger partial charge in [0.05, 0.1) is 15.8 Å². The second-order valence-corrected chi connectivity index (χ2v) is 5.07. The van der Waals surface area contributed by atoms with Crippen molar-refractivity contribution in [1.82, 2.24) is 0 Å². The number of halogens is 2. The molecule has 1 aliphatic rings. The van der Waals surface area contributed by atoms with Gasteiger partial charge >= 0.3 is 0 Å². The Morgan fingerprint density at radius 1 is 1.31 bits per heavy atom. The quantitative estimate of drug-likeness (QED) is 0.781. The number of oxime groups is 1. The smallest absolute Gasteiger partial charge is 0.135 e. The fourth-order valence-corrected chi connectivity index (χ4v) is 1.90. The first-order valence-corrected chi connectivity index (χ1v) is 6.01. The van der Waals surface area contributed by atoms with Crippen LogP contribution in [0.25, 0.3) is 0 Å². The van der Waals surface area contributed by atoms with Crippen molar-refractivity contribution in [1.29, 1.82) is 0 Å². The Hall–Kier alpha value is -0.730. The van der Waals surface area contributed by atoms with Crippen LogP contribution in [-0.2, 0) is 4.84 Å². The molecule has 1 aromatic carbocycles. The predicted octanol–water partition coefficient (Wildman–Crippen LogP) is 4.14. The number of benzene rings is 1. The zero-order chi connectivity index (χ0) is 11.7. The first kappa shape index (κ1) is 11.7. The molecule has 16 heavy (non-hydrogen) atoms. The van der Waals surface area contributed by atoms with Crippen LogP contribution in [0.5, 0.6) is 0 Å².